The fourth-order valence-corrected chi connectivity index (χ4v) is 3.13. The summed E-state index contributed by atoms with van der Waals surface area (Å²) in [5, 5.41) is 0. The molecule has 1 atom stereocenters. The maximum absolute atomic E-state index is 12.6. The third-order valence-corrected chi connectivity index (χ3v) is 4.43. The van der Waals surface area contributed by atoms with Gasteiger partial charge in [0.2, 0.25) is 0 Å². The third kappa shape index (κ3) is 4.25. The Kier molecular flexibility index (Phi) is 6.94. The zero-order valence-electron chi connectivity index (χ0n) is 12.0. The lowest BCUT2D eigenvalue weighted by molar-refractivity contribution is 0.101. The lowest BCUT2D eigenvalue weighted by Gasteiger charge is -2.41. The molecular weight excluding hydrogens is 262 g/mol. The quantitative estimate of drug-likeness (QED) is 0.849. The lowest BCUT2D eigenvalue weighted by atomic mass is 9.98. The minimum atomic E-state index is 0. The van der Waals surface area contributed by atoms with Crippen molar-refractivity contribution in [2.24, 2.45) is 11.7 Å². The van der Waals surface area contributed by atoms with Gasteiger partial charge >= 0.3 is 6.03 Å². The van der Waals surface area contributed by atoms with Crippen LogP contribution < -0.4 is 5.73 Å². The van der Waals surface area contributed by atoms with Crippen molar-refractivity contribution in [2.75, 3.05) is 26.2 Å². The van der Waals surface area contributed by atoms with E-state index in [0.29, 0.717) is 12.6 Å². The van der Waals surface area contributed by atoms with Gasteiger partial charge in [0.15, 0.2) is 0 Å². The van der Waals surface area contributed by atoms with Crippen molar-refractivity contribution >= 4 is 18.4 Å². The smallest absolute Gasteiger partial charge is 0.320 e. The zero-order valence-corrected chi connectivity index (χ0v) is 12.8. The van der Waals surface area contributed by atoms with Crippen LogP contribution in [0.2, 0.25) is 0 Å². The fraction of sp³-hybridized carbons (Fsp3) is 0.929. The van der Waals surface area contributed by atoms with Crippen molar-refractivity contribution in [2.45, 2.75) is 51.5 Å². The van der Waals surface area contributed by atoms with Gasteiger partial charge in [-0.25, -0.2) is 4.79 Å². The molecule has 0 aliphatic carbocycles. The molecule has 2 amide bonds. The Bertz CT molecular complexity index is 278. The first-order valence-electron chi connectivity index (χ1n) is 7.48. The number of hydrogen-bond acceptors (Lipinski definition) is 2. The number of rotatable bonds is 2. The Morgan fingerprint density at radius 2 is 1.84 bits per heavy atom. The Balaban J connectivity index is 0.00000180. The van der Waals surface area contributed by atoms with E-state index in [1.165, 1.54) is 6.42 Å². The van der Waals surface area contributed by atoms with Crippen LogP contribution in [-0.4, -0.2) is 48.1 Å². The molecule has 1 unspecified atom stereocenters. The van der Waals surface area contributed by atoms with Gasteiger partial charge < -0.3 is 15.5 Å². The Morgan fingerprint density at radius 3 is 2.47 bits per heavy atom. The minimum Gasteiger partial charge on any atom is -0.330 e. The van der Waals surface area contributed by atoms with Crippen LogP contribution in [0, 0.1) is 5.92 Å². The molecular formula is C14H28ClN3O. The van der Waals surface area contributed by atoms with Crippen LogP contribution in [0.25, 0.3) is 0 Å². The molecule has 0 spiro atoms. The van der Waals surface area contributed by atoms with Gasteiger partial charge in [0.25, 0.3) is 0 Å². The SMILES string of the molecule is CC1CCN(C(=O)N2CCCCC2CCN)CC1.Cl. The standard InChI is InChI=1S/C14H27N3O.ClH/c1-12-6-10-16(11-7-12)14(18)17-9-3-2-4-13(17)5-8-15;/h12-13H,2-11,15H2,1H3;1H. The van der Waals surface area contributed by atoms with Gasteiger partial charge in [-0.1, -0.05) is 6.92 Å². The molecule has 0 bridgehead atoms. The van der Waals surface area contributed by atoms with Crippen LogP contribution in [0.1, 0.15) is 45.4 Å². The summed E-state index contributed by atoms with van der Waals surface area (Å²) in [6.07, 6.45) is 6.79. The monoisotopic (exact) mass is 289 g/mol. The van der Waals surface area contributed by atoms with Gasteiger partial charge in [-0.05, 0) is 51.0 Å². The summed E-state index contributed by atoms with van der Waals surface area (Å²) in [4.78, 5) is 16.7. The minimum absolute atomic E-state index is 0. The zero-order chi connectivity index (χ0) is 13.0. The van der Waals surface area contributed by atoms with Crippen molar-refractivity contribution in [3.63, 3.8) is 0 Å². The highest BCUT2D eigenvalue weighted by Crippen LogP contribution is 2.23. The molecule has 2 fully saturated rings. The van der Waals surface area contributed by atoms with Crippen LogP contribution >= 0.6 is 12.4 Å². The molecule has 0 radical (unpaired) electrons. The number of nitrogens with zero attached hydrogens (tertiary/aromatic N) is 2. The Hall–Kier alpha value is -0.480. The molecule has 0 aromatic carbocycles. The predicted octanol–water partition coefficient (Wildman–Crippen LogP) is 2.46. The van der Waals surface area contributed by atoms with Gasteiger partial charge in [-0.3, -0.25) is 0 Å². The predicted molar refractivity (Wildman–Crippen MR) is 80.6 cm³/mol. The van der Waals surface area contributed by atoms with Crippen LogP contribution in [-0.2, 0) is 0 Å². The van der Waals surface area contributed by atoms with Gasteiger partial charge in [0.05, 0.1) is 0 Å². The van der Waals surface area contributed by atoms with Crippen molar-refractivity contribution in [1.82, 2.24) is 9.80 Å². The number of hydrogen-bond donors (Lipinski definition) is 1. The second-order valence-corrected chi connectivity index (χ2v) is 5.87. The van der Waals surface area contributed by atoms with Crippen LogP contribution in [0.4, 0.5) is 4.79 Å². The van der Waals surface area contributed by atoms with Gasteiger partial charge in [0, 0.05) is 25.7 Å². The molecule has 2 saturated heterocycles. The molecule has 0 saturated carbocycles. The summed E-state index contributed by atoms with van der Waals surface area (Å²) >= 11 is 0. The number of likely N-dealkylation sites (tertiary alicyclic amines) is 2. The highest BCUT2D eigenvalue weighted by molar-refractivity contribution is 5.85. The van der Waals surface area contributed by atoms with E-state index in [-0.39, 0.29) is 18.4 Å². The average Bonchev–Trinajstić information content (AvgIpc) is 2.40. The van der Waals surface area contributed by atoms with E-state index in [1.54, 1.807) is 0 Å². The second kappa shape index (κ2) is 7.95. The van der Waals surface area contributed by atoms with Crippen LogP contribution in [0.3, 0.4) is 0 Å². The molecule has 2 rings (SSSR count). The van der Waals surface area contributed by atoms with E-state index in [4.69, 9.17) is 5.73 Å². The summed E-state index contributed by atoms with van der Waals surface area (Å²) in [7, 11) is 0. The Labute approximate surface area is 123 Å². The van der Waals surface area contributed by atoms with E-state index < -0.39 is 0 Å². The second-order valence-electron chi connectivity index (χ2n) is 5.87. The van der Waals surface area contributed by atoms with Crippen LogP contribution in [0.5, 0.6) is 0 Å². The highest BCUT2D eigenvalue weighted by atomic mass is 35.5. The first-order chi connectivity index (χ1) is 8.72. The number of halogens is 1. The first-order valence-corrected chi connectivity index (χ1v) is 7.48. The molecule has 5 heteroatoms. The van der Waals surface area contributed by atoms with Crippen molar-refractivity contribution in [1.29, 1.82) is 0 Å². The van der Waals surface area contributed by atoms with E-state index in [2.05, 4.69) is 16.7 Å². The summed E-state index contributed by atoms with van der Waals surface area (Å²) in [5.74, 6) is 0.773. The first kappa shape index (κ1) is 16.6. The maximum atomic E-state index is 12.6. The molecule has 2 aliphatic rings. The van der Waals surface area contributed by atoms with E-state index in [9.17, 15) is 4.79 Å². The molecule has 4 nitrogen and oxygen atoms in total. The lowest BCUT2D eigenvalue weighted by Crippen LogP contribution is -2.52. The van der Waals surface area contributed by atoms with Gasteiger partial charge in [-0.15, -0.1) is 12.4 Å². The summed E-state index contributed by atoms with van der Waals surface area (Å²) in [6, 6.07) is 0.649. The van der Waals surface area contributed by atoms with E-state index in [0.717, 1.165) is 57.7 Å². The number of carbonyl (C=O) groups is 1. The Morgan fingerprint density at radius 1 is 1.16 bits per heavy atom. The van der Waals surface area contributed by atoms with Gasteiger partial charge in [0.1, 0.15) is 0 Å². The van der Waals surface area contributed by atoms with E-state index >= 15 is 0 Å². The average molecular weight is 290 g/mol. The molecule has 2 N–H and O–H groups in total. The highest BCUT2D eigenvalue weighted by Gasteiger charge is 2.30. The molecule has 2 heterocycles. The third-order valence-electron chi connectivity index (χ3n) is 4.43. The number of piperidine rings is 2. The van der Waals surface area contributed by atoms with Gasteiger partial charge in [-0.2, -0.15) is 0 Å². The van der Waals surface area contributed by atoms with Crippen LogP contribution in [0.15, 0.2) is 0 Å². The molecule has 2 aliphatic heterocycles. The summed E-state index contributed by atoms with van der Waals surface area (Å²) < 4.78 is 0. The normalized spacial score (nSPS) is 25.1. The number of amides is 2. The fourth-order valence-electron chi connectivity index (χ4n) is 3.13. The number of carbonyl (C=O) groups excluding carboxylic acids is 1. The largest absolute Gasteiger partial charge is 0.330 e. The molecule has 19 heavy (non-hydrogen) atoms. The topological polar surface area (TPSA) is 49.6 Å². The number of nitrogens with two attached hydrogens (primary N) is 1. The maximum Gasteiger partial charge on any atom is 0.320 e. The van der Waals surface area contributed by atoms with Crippen molar-refractivity contribution in [3.8, 4) is 0 Å². The molecule has 0 aromatic rings. The molecule has 0 aromatic heterocycles. The summed E-state index contributed by atoms with van der Waals surface area (Å²) in [6.45, 7) is 5.76. The molecule has 112 valence electrons. The van der Waals surface area contributed by atoms with Crippen molar-refractivity contribution in [3.05, 3.63) is 0 Å². The van der Waals surface area contributed by atoms with E-state index in [1.807, 2.05) is 0 Å². The summed E-state index contributed by atoms with van der Waals surface area (Å²) in [5.41, 5.74) is 5.67. The number of urea groups is 1. The van der Waals surface area contributed by atoms with Crippen molar-refractivity contribution < 1.29 is 4.79 Å².